The smallest absolute Gasteiger partial charge is 0.153 e. The Morgan fingerprint density at radius 3 is 2.75 bits per heavy atom. The molecular weight excluding hydrogens is 280 g/mol. The minimum atomic E-state index is -3.28. The van der Waals surface area contributed by atoms with Gasteiger partial charge in [-0.1, -0.05) is 0 Å². The van der Waals surface area contributed by atoms with Crippen LogP contribution in [0.15, 0.2) is 12.1 Å². The molecule has 1 heterocycles. The van der Waals surface area contributed by atoms with Gasteiger partial charge in [-0.3, -0.25) is 4.98 Å². The Morgan fingerprint density at radius 1 is 1.45 bits per heavy atom. The molecule has 1 saturated carbocycles. The summed E-state index contributed by atoms with van der Waals surface area (Å²) >= 11 is 0. The maximum absolute atomic E-state index is 11.3. The zero-order chi connectivity index (χ0) is 14.8. The highest BCUT2D eigenvalue weighted by Gasteiger charge is 2.21. The van der Waals surface area contributed by atoms with Crippen LogP contribution < -0.4 is 5.32 Å². The first-order valence-electron chi connectivity index (χ1n) is 6.60. The molecule has 2 rings (SSSR count). The van der Waals surface area contributed by atoms with E-state index in [1.807, 2.05) is 0 Å². The number of hydrogen-bond donors (Lipinski definition) is 3. The van der Waals surface area contributed by atoms with E-state index in [1.165, 1.54) is 25.0 Å². The average Bonchev–Trinajstić information content (AvgIpc) is 3.14. The lowest BCUT2D eigenvalue weighted by atomic mass is 10.2. The second kappa shape index (κ2) is 6.07. The van der Waals surface area contributed by atoms with Gasteiger partial charge in [-0.25, -0.2) is 8.42 Å². The van der Waals surface area contributed by atoms with Crippen molar-refractivity contribution < 1.29 is 18.6 Å². The summed E-state index contributed by atoms with van der Waals surface area (Å²) in [5, 5.41) is 22.8. The van der Waals surface area contributed by atoms with E-state index < -0.39 is 15.9 Å². The molecule has 112 valence electrons. The van der Waals surface area contributed by atoms with E-state index in [-0.39, 0.29) is 17.2 Å². The SMILES string of the molecule is CS(=O)(=O)Cc1nc(C(O)CNCC2CC2)ccc1O. The Labute approximate surface area is 118 Å². The molecule has 1 fully saturated rings. The van der Waals surface area contributed by atoms with E-state index in [1.54, 1.807) is 0 Å². The topological polar surface area (TPSA) is 99.5 Å². The van der Waals surface area contributed by atoms with Crippen LogP contribution in [0.1, 0.15) is 30.3 Å². The molecule has 7 heteroatoms. The quantitative estimate of drug-likeness (QED) is 0.672. The molecule has 20 heavy (non-hydrogen) atoms. The van der Waals surface area contributed by atoms with Crippen molar-refractivity contribution in [2.45, 2.75) is 24.7 Å². The minimum absolute atomic E-state index is 0.0752. The first-order chi connectivity index (χ1) is 9.35. The maximum Gasteiger partial charge on any atom is 0.153 e. The zero-order valence-corrected chi connectivity index (χ0v) is 12.2. The highest BCUT2D eigenvalue weighted by molar-refractivity contribution is 7.89. The highest BCUT2D eigenvalue weighted by Crippen LogP contribution is 2.27. The predicted octanol–water partition coefficient (Wildman–Crippen LogP) is 0.365. The van der Waals surface area contributed by atoms with Crippen molar-refractivity contribution in [1.82, 2.24) is 10.3 Å². The van der Waals surface area contributed by atoms with Gasteiger partial charge >= 0.3 is 0 Å². The van der Waals surface area contributed by atoms with E-state index >= 15 is 0 Å². The van der Waals surface area contributed by atoms with Gasteiger partial charge < -0.3 is 15.5 Å². The van der Waals surface area contributed by atoms with Crippen LogP contribution in [0.25, 0.3) is 0 Å². The van der Waals surface area contributed by atoms with Gasteiger partial charge in [-0.2, -0.15) is 0 Å². The largest absolute Gasteiger partial charge is 0.506 e. The van der Waals surface area contributed by atoms with E-state index in [0.29, 0.717) is 12.2 Å². The molecule has 0 aliphatic heterocycles. The number of aliphatic hydroxyl groups is 1. The first kappa shape index (κ1) is 15.2. The van der Waals surface area contributed by atoms with Gasteiger partial charge in [0.15, 0.2) is 9.84 Å². The van der Waals surface area contributed by atoms with Gasteiger partial charge in [-0.15, -0.1) is 0 Å². The van der Waals surface area contributed by atoms with Crippen molar-refractivity contribution in [3.8, 4) is 5.75 Å². The van der Waals surface area contributed by atoms with Crippen molar-refractivity contribution in [2.75, 3.05) is 19.3 Å². The summed E-state index contributed by atoms with van der Waals surface area (Å²) in [7, 11) is -3.28. The maximum atomic E-state index is 11.3. The average molecular weight is 300 g/mol. The molecule has 1 aromatic heterocycles. The summed E-state index contributed by atoms with van der Waals surface area (Å²) in [6, 6.07) is 2.87. The van der Waals surface area contributed by atoms with Gasteiger partial charge in [0.2, 0.25) is 0 Å². The number of sulfone groups is 1. The summed E-state index contributed by atoms with van der Waals surface area (Å²) in [6.45, 7) is 1.25. The van der Waals surface area contributed by atoms with Crippen molar-refractivity contribution in [3.63, 3.8) is 0 Å². The third kappa shape index (κ3) is 4.73. The minimum Gasteiger partial charge on any atom is -0.506 e. The summed E-state index contributed by atoms with van der Waals surface area (Å²) in [5.41, 5.74) is 0.441. The Bertz CT molecular complexity index is 570. The molecule has 0 spiro atoms. The molecule has 1 atom stereocenters. The number of nitrogens with zero attached hydrogens (tertiary/aromatic N) is 1. The molecule has 1 unspecified atom stereocenters. The van der Waals surface area contributed by atoms with E-state index in [2.05, 4.69) is 10.3 Å². The van der Waals surface area contributed by atoms with Gasteiger partial charge in [0.1, 0.15) is 11.9 Å². The molecular formula is C13H20N2O4S. The number of nitrogens with one attached hydrogen (secondary N) is 1. The van der Waals surface area contributed by atoms with Crippen LogP contribution in [0.3, 0.4) is 0 Å². The van der Waals surface area contributed by atoms with Gasteiger partial charge in [0, 0.05) is 12.8 Å². The Kier molecular flexibility index (Phi) is 4.62. The second-order valence-corrected chi connectivity index (χ2v) is 7.53. The molecule has 0 radical (unpaired) electrons. The van der Waals surface area contributed by atoms with E-state index in [0.717, 1.165) is 18.7 Å². The third-order valence-corrected chi connectivity index (χ3v) is 3.98. The summed E-state index contributed by atoms with van der Waals surface area (Å²) in [6.07, 6.45) is 2.74. The normalized spacial score (nSPS) is 17.1. The van der Waals surface area contributed by atoms with Crippen LogP contribution in [0.4, 0.5) is 0 Å². The zero-order valence-electron chi connectivity index (χ0n) is 11.4. The molecule has 0 bridgehead atoms. The molecule has 0 amide bonds. The molecule has 1 aliphatic carbocycles. The Balaban J connectivity index is 2.00. The highest BCUT2D eigenvalue weighted by atomic mass is 32.2. The van der Waals surface area contributed by atoms with Crippen LogP contribution in [-0.2, 0) is 15.6 Å². The lowest BCUT2D eigenvalue weighted by molar-refractivity contribution is 0.169. The van der Waals surface area contributed by atoms with Crippen molar-refractivity contribution in [2.24, 2.45) is 5.92 Å². The number of aromatic nitrogens is 1. The molecule has 3 N–H and O–H groups in total. The monoisotopic (exact) mass is 300 g/mol. The van der Waals surface area contributed by atoms with Crippen LogP contribution in [0.2, 0.25) is 0 Å². The second-order valence-electron chi connectivity index (χ2n) is 5.39. The van der Waals surface area contributed by atoms with Crippen molar-refractivity contribution >= 4 is 9.84 Å². The van der Waals surface area contributed by atoms with Crippen LogP contribution >= 0.6 is 0 Å². The third-order valence-electron chi connectivity index (χ3n) is 3.18. The lowest BCUT2D eigenvalue weighted by Crippen LogP contribution is -2.24. The van der Waals surface area contributed by atoms with Gasteiger partial charge in [-0.05, 0) is 37.4 Å². The summed E-state index contributed by atoms with van der Waals surface area (Å²) < 4.78 is 22.5. The fourth-order valence-electron chi connectivity index (χ4n) is 1.90. The Hall–Kier alpha value is -1.18. The van der Waals surface area contributed by atoms with Crippen LogP contribution in [0.5, 0.6) is 5.75 Å². The fraction of sp³-hybridized carbons (Fsp3) is 0.615. The lowest BCUT2D eigenvalue weighted by Gasteiger charge is -2.13. The van der Waals surface area contributed by atoms with E-state index in [4.69, 9.17) is 0 Å². The van der Waals surface area contributed by atoms with Crippen molar-refractivity contribution in [3.05, 3.63) is 23.5 Å². The molecule has 0 aromatic carbocycles. The molecule has 1 aliphatic rings. The number of hydrogen-bond acceptors (Lipinski definition) is 6. The standard InChI is InChI=1S/C13H20N2O4S/c1-20(18,19)8-11-12(16)5-4-10(15-11)13(17)7-14-6-9-2-3-9/h4-5,9,13-14,16-17H,2-3,6-8H2,1H3. The first-order valence-corrected chi connectivity index (χ1v) is 8.66. The number of aromatic hydroxyl groups is 1. The fourth-order valence-corrected chi connectivity index (χ4v) is 2.61. The van der Waals surface area contributed by atoms with Crippen molar-refractivity contribution in [1.29, 1.82) is 0 Å². The van der Waals surface area contributed by atoms with Crippen LogP contribution in [0, 0.1) is 5.92 Å². The summed E-state index contributed by atoms with van der Waals surface area (Å²) in [5.74, 6) is 0.211. The predicted molar refractivity (Wildman–Crippen MR) is 75.0 cm³/mol. The molecule has 0 saturated heterocycles. The molecule has 6 nitrogen and oxygen atoms in total. The van der Waals surface area contributed by atoms with Gasteiger partial charge in [0.25, 0.3) is 0 Å². The summed E-state index contributed by atoms with van der Waals surface area (Å²) in [4.78, 5) is 4.05. The van der Waals surface area contributed by atoms with Gasteiger partial charge in [0.05, 0.1) is 17.1 Å². The molecule has 1 aromatic rings. The number of pyridine rings is 1. The van der Waals surface area contributed by atoms with E-state index in [9.17, 15) is 18.6 Å². The van der Waals surface area contributed by atoms with Crippen LogP contribution in [-0.4, -0.2) is 43.0 Å². The number of rotatable bonds is 7. The Morgan fingerprint density at radius 2 is 2.15 bits per heavy atom. The number of aliphatic hydroxyl groups excluding tert-OH is 1.